The number of imidazole rings is 1. The summed E-state index contributed by atoms with van der Waals surface area (Å²) < 4.78 is 43.4. The number of hydrogen-bond acceptors (Lipinski definition) is 10. The molecule has 1 aromatic heterocycles. The highest BCUT2D eigenvalue weighted by Gasteiger charge is 2.49. The molecule has 11 heteroatoms. The first-order chi connectivity index (χ1) is 33.7. The van der Waals surface area contributed by atoms with Crippen molar-refractivity contribution < 1.29 is 33.2 Å². The lowest BCUT2D eigenvalue weighted by Gasteiger charge is -2.35. The van der Waals surface area contributed by atoms with Gasteiger partial charge in [0.2, 0.25) is 0 Å². The summed E-state index contributed by atoms with van der Waals surface area (Å²) in [6.45, 7) is 10.1. The van der Waals surface area contributed by atoms with Crippen LogP contribution in [0.25, 0.3) is 28.1 Å². The lowest BCUT2D eigenvalue weighted by molar-refractivity contribution is 0.353. The number of nitrogens with zero attached hydrogens (tertiary/aromatic N) is 4. The second-order valence-electron chi connectivity index (χ2n) is 17.1. The maximum Gasteiger partial charge on any atom is 0.258 e. The molecule has 4 heterocycles. The molecule has 1 unspecified atom stereocenters. The summed E-state index contributed by atoms with van der Waals surface area (Å²) in [4.78, 5) is 18.1. The SMILES string of the molecule is CC.CC.COc1ccc(C2=NC3(N=C2c2ccc(OC)c(OC)c2)C2=C4C=C[C@H](CC[C@H]5C=CC(=C(C5)c5nc(-c6ccc(OC)c(OC)c6)c(-c6ccc(OC)c(OC)c6)n53)CC4)C2)cc1C. The molecule has 0 radical (unpaired) electrons. The number of allylic oxidation sites excluding steroid dienone is 7. The Hall–Kier alpha value is -7.01. The highest BCUT2D eigenvalue weighted by Crippen LogP contribution is 2.54. The van der Waals surface area contributed by atoms with Crippen molar-refractivity contribution in [3.8, 4) is 62.8 Å². The molecule has 0 amide bonds. The van der Waals surface area contributed by atoms with E-state index in [1.807, 2.05) is 76.2 Å². The highest BCUT2D eigenvalue weighted by atomic mass is 16.5. The van der Waals surface area contributed by atoms with Crippen LogP contribution in [0.1, 0.15) is 88.7 Å². The first kappa shape index (κ1) is 48.4. The molecular formula is C58H66N4O7. The van der Waals surface area contributed by atoms with Crippen LogP contribution in [-0.2, 0) is 5.79 Å². The summed E-state index contributed by atoms with van der Waals surface area (Å²) >= 11 is 0. The second-order valence-corrected chi connectivity index (χ2v) is 17.1. The first-order valence-electron chi connectivity index (χ1n) is 24.2. The number of hydrogen-bond donors (Lipinski definition) is 0. The highest BCUT2D eigenvalue weighted by molar-refractivity contribution is 6.54. The molecule has 10 rings (SSSR count). The molecule has 0 N–H and O–H groups in total. The van der Waals surface area contributed by atoms with Crippen LogP contribution in [-0.4, -0.2) is 70.7 Å². The summed E-state index contributed by atoms with van der Waals surface area (Å²) in [6.07, 6.45) is 15.0. The van der Waals surface area contributed by atoms with E-state index in [1.54, 1.807) is 49.8 Å². The van der Waals surface area contributed by atoms with E-state index in [-0.39, 0.29) is 5.92 Å². The van der Waals surface area contributed by atoms with Gasteiger partial charge in [-0.3, -0.25) is 4.57 Å². The Morgan fingerprint density at radius 3 is 1.51 bits per heavy atom. The van der Waals surface area contributed by atoms with Crippen molar-refractivity contribution in [3.05, 3.63) is 136 Å². The molecule has 0 fully saturated rings. The fraction of sp³-hybridized carbons (Fsp3) is 0.362. The van der Waals surface area contributed by atoms with E-state index in [4.69, 9.17) is 48.1 Å². The number of benzene rings is 4. The maximum atomic E-state index is 6.11. The van der Waals surface area contributed by atoms with Crippen molar-refractivity contribution in [2.45, 2.75) is 78.9 Å². The Labute approximate surface area is 407 Å². The molecule has 2 aliphatic carbocycles. The molecule has 3 aliphatic heterocycles. The zero-order chi connectivity index (χ0) is 49.0. The lowest BCUT2D eigenvalue weighted by Crippen LogP contribution is -2.35. The number of methoxy groups -OCH3 is 7. The van der Waals surface area contributed by atoms with Crippen LogP contribution in [0, 0.1) is 18.8 Å². The van der Waals surface area contributed by atoms with Crippen molar-refractivity contribution in [2.75, 3.05) is 49.8 Å². The minimum atomic E-state index is -1.34. The molecule has 69 heavy (non-hydrogen) atoms. The molecule has 0 saturated carbocycles. The summed E-state index contributed by atoms with van der Waals surface area (Å²) in [5, 5.41) is 0. The van der Waals surface area contributed by atoms with E-state index in [0.29, 0.717) is 40.4 Å². The van der Waals surface area contributed by atoms with Gasteiger partial charge in [0.25, 0.3) is 5.79 Å². The van der Waals surface area contributed by atoms with Crippen LogP contribution >= 0.6 is 0 Å². The van der Waals surface area contributed by atoms with Gasteiger partial charge in [-0.2, -0.15) is 0 Å². The predicted octanol–water partition coefficient (Wildman–Crippen LogP) is 13.0. The summed E-state index contributed by atoms with van der Waals surface area (Å²) in [5.74, 6) is 4.58. The number of aromatic nitrogens is 2. The van der Waals surface area contributed by atoms with Gasteiger partial charge in [-0.05, 0) is 152 Å². The van der Waals surface area contributed by atoms with Crippen LogP contribution in [0.5, 0.6) is 40.2 Å². The van der Waals surface area contributed by atoms with Gasteiger partial charge in [0.1, 0.15) is 11.6 Å². The van der Waals surface area contributed by atoms with E-state index in [2.05, 4.69) is 60.1 Å². The molecule has 4 bridgehead atoms. The monoisotopic (exact) mass is 930 g/mol. The number of ether oxygens (including phenoxy) is 7. The molecule has 360 valence electrons. The summed E-state index contributed by atoms with van der Waals surface area (Å²) in [6, 6.07) is 24.3. The fourth-order valence-corrected chi connectivity index (χ4v) is 10.4. The van der Waals surface area contributed by atoms with Gasteiger partial charge in [-0.25, -0.2) is 15.0 Å². The standard InChI is InChI=1S/C54H54N4O7.2C2H6/c1-31-25-36(17-21-42(31)59-2)49-50(37-18-22-43(60-3)46(28-37)63-6)57-54(56-49)41-27-33-10-9-32-11-13-34(15-16-35(41)14-12-33)40(26-32)53-55-51(38-19-23-44(61-4)47(29-38)64-7)52(58(53)54)39-20-24-45(62-5)48(30-39)65-8;2*1-2/h11-14,17-25,28-30,32-33H,9-10,15-16,26-27H2,1-8H3;2*1-2H3/t32-,33-,54?;;/m0../s1. The Morgan fingerprint density at radius 2 is 0.957 bits per heavy atom. The second kappa shape index (κ2) is 20.7. The zero-order valence-electron chi connectivity index (χ0n) is 42.3. The number of aliphatic imine (C=N–C) groups is 2. The van der Waals surface area contributed by atoms with E-state index in [1.165, 1.54) is 16.7 Å². The van der Waals surface area contributed by atoms with Gasteiger partial charge >= 0.3 is 0 Å². The molecule has 11 nitrogen and oxygen atoms in total. The van der Waals surface area contributed by atoms with Crippen LogP contribution < -0.4 is 33.2 Å². The first-order valence-corrected chi connectivity index (χ1v) is 24.2. The topological polar surface area (TPSA) is 107 Å². The van der Waals surface area contributed by atoms with Crippen molar-refractivity contribution >= 4 is 17.0 Å². The number of rotatable bonds is 11. The average Bonchev–Trinajstić information content (AvgIpc) is 4.01. The Bertz CT molecular complexity index is 2930. The van der Waals surface area contributed by atoms with Crippen LogP contribution in [0.2, 0.25) is 0 Å². The Balaban J connectivity index is 0.00000156. The van der Waals surface area contributed by atoms with Gasteiger partial charge < -0.3 is 33.2 Å². The zero-order valence-corrected chi connectivity index (χ0v) is 42.3. The largest absolute Gasteiger partial charge is 0.496 e. The summed E-state index contributed by atoms with van der Waals surface area (Å²) in [7, 11) is 11.6. The molecular weight excluding hydrogens is 865 g/mol. The fourth-order valence-electron chi connectivity index (χ4n) is 10.4. The van der Waals surface area contributed by atoms with E-state index in [9.17, 15) is 0 Å². The lowest BCUT2D eigenvalue weighted by atomic mass is 9.78. The summed E-state index contributed by atoms with van der Waals surface area (Å²) in [5.41, 5.74) is 12.4. The van der Waals surface area contributed by atoms with Crippen molar-refractivity contribution in [2.24, 2.45) is 21.8 Å². The van der Waals surface area contributed by atoms with Gasteiger partial charge in [0, 0.05) is 27.8 Å². The van der Waals surface area contributed by atoms with Crippen molar-refractivity contribution in [3.63, 3.8) is 0 Å². The van der Waals surface area contributed by atoms with E-state index < -0.39 is 5.79 Å². The van der Waals surface area contributed by atoms with Crippen LogP contribution in [0.3, 0.4) is 0 Å². The smallest absolute Gasteiger partial charge is 0.258 e. The molecule has 4 aromatic carbocycles. The van der Waals surface area contributed by atoms with Gasteiger partial charge in [-0.1, -0.05) is 52.0 Å². The van der Waals surface area contributed by atoms with Crippen molar-refractivity contribution in [1.29, 1.82) is 0 Å². The third-order valence-electron chi connectivity index (χ3n) is 13.7. The predicted molar refractivity (Wildman–Crippen MR) is 277 cm³/mol. The normalized spacial score (nSPS) is 19.5. The van der Waals surface area contributed by atoms with Gasteiger partial charge in [-0.15, -0.1) is 0 Å². The molecule has 5 aromatic rings. The quantitative estimate of drug-likeness (QED) is 0.129. The molecule has 1 spiro atoms. The van der Waals surface area contributed by atoms with Gasteiger partial charge in [0.05, 0.1) is 72.6 Å². The average molecular weight is 931 g/mol. The van der Waals surface area contributed by atoms with Crippen LogP contribution in [0.4, 0.5) is 0 Å². The molecule has 5 aliphatic rings. The van der Waals surface area contributed by atoms with Gasteiger partial charge in [0.15, 0.2) is 34.5 Å². The molecule has 3 atom stereocenters. The maximum absolute atomic E-state index is 6.11. The minimum Gasteiger partial charge on any atom is -0.496 e. The molecule has 0 saturated heterocycles. The minimum absolute atomic E-state index is 0.286. The van der Waals surface area contributed by atoms with Crippen LogP contribution in [0.15, 0.2) is 124 Å². The number of aryl methyl sites for hydroxylation is 1. The third-order valence-corrected chi connectivity index (χ3v) is 13.7. The Kier molecular flexibility index (Phi) is 14.5. The van der Waals surface area contributed by atoms with E-state index >= 15 is 0 Å². The van der Waals surface area contributed by atoms with Crippen molar-refractivity contribution in [1.82, 2.24) is 9.55 Å². The number of fused-ring (bicyclic) bond motifs is 2. The third kappa shape index (κ3) is 8.61. The Morgan fingerprint density at radius 1 is 0.507 bits per heavy atom. The van der Waals surface area contributed by atoms with E-state index in [0.717, 1.165) is 106 Å².